The van der Waals surface area contributed by atoms with E-state index in [1.54, 1.807) is 39.8 Å². The van der Waals surface area contributed by atoms with Crippen molar-refractivity contribution in [2.75, 3.05) is 0 Å². The van der Waals surface area contributed by atoms with Gasteiger partial charge in [-0.1, -0.05) is 31.7 Å². The summed E-state index contributed by atoms with van der Waals surface area (Å²) in [7, 11) is 0. The summed E-state index contributed by atoms with van der Waals surface area (Å²) in [6.45, 7) is 6.90. The number of aryl methyl sites for hydroxylation is 1. The average molecular weight is 423 g/mol. The molecule has 0 saturated carbocycles. The fourth-order valence-corrected chi connectivity index (χ4v) is 3.44. The van der Waals surface area contributed by atoms with Crippen LogP contribution in [0.3, 0.4) is 0 Å². The number of rotatable bonds is 14. The second-order valence-electron chi connectivity index (χ2n) is 9.57. The molecule has 0 bridgehead atoms. The Morgan fingerprint density at radius 1 is 0.733 bits per heavy atom. The molecule has 4 N–H and O–H groups in total. The van der Waals surface area contributed by atoms with Crippen molar-refractivity contribution in [3.8, 4) is 11.5 Å². The van der Waals surface area contributed by atoms with E-state index in [0.717, 1.165) is 44.1 Å². The summed E-state index contributed by atoms with van der Waals surface area (Å²) in [4.78, 5) is 22.3. The van der Waals surface area contributed by atoms with Gasteiger partial charge in [0.2, 0.25) is 0 Å². The molecule has 30 heavy (non-hydrogen) atoms. The van der Waals surface area contributed by atoms with Gasteiger partial charge in [0.05, 0.1) is 10.8 Å². The molecule has 0 spiro atoms. The molecule has 6 nitrogen and oxygen atoms in total. The fraction of sp³-hybridized carbons (Fsp3) is 0.667. The lowest BCUT2D eigenvalue weighted by Gasteiger charge is -2.19. The highest BCUT2D eigenvalue weighted by Crippen LogP contribution is 2.34. The molecule has 0 amide bonds. The molecule has 0 saturated heterocycles. The smallest absolute Gasteiger partial charge is 0.309 e. The molecule has 0 unspecified atom stereocenters. The van der Waals surface area contributed by atoms with Crippen LogP contribution < -0.4 is 0 Å². The van der Waals surface area contributed by atoms with Gasteiger partial charge in [0.25, 0.3) is 0 Å². The van der Waals surface area contributed by atoms with E-state index in [0.29, 0.717) is 31.2 Å². The van der Waals surface area contributed by atoms with Gasteiger partial charge < -0.3 is 20.4 Å². The van der Waals surface area contributed by atoms with Gasteiger partial charge in [-0.15, -0.1) is 0 Å². The van der Waals surface area contributed by atoms with Crippen LogP contribution in [-0.4, -0.2) is 32.4 Å². The zero-order valence-electron chi connectivity index (χ0n) is 18.8. The molecule has 6 heteroatoms. The minimum absolute atomic E-state index is 0.0928. The number of benzene rings is 1. The Balaban J connectivity index is 2.48. The molecule has 1 rings (SSSR count). The lowest BCUT2D eigenvalue weighted by molar-refractivity contribution is -0.148. The number of carbonyl (C=O) groups is 2. The Bertz CT molecular complexity index is 721. The second-order valence-corrected chi connectivity index (χ2v) is 9.57. The van der Waals surface area contributed by atoms with E-state index in [9.17, 15) is 24.9 Å². The van der Waals surface area contributed by atoms with Gasteiger partial charge in [-0.05, 0) is 77.8 Å². The van der Waals surface area contributed by atoms with Gasteiger partial charge in [0.15, 0.2) is 0 Å². The number of aromatic hydroxyl groups is 2. The van der Waals surface area contributed by atoms with Crippen LogP contribution in [0, 0.1) is 10.8 Å². The van der Waals surface area contributed by atoms with E-state index in [2.05, 4.69) is 0 Å². The average Bonchev–Trinajstić information content (AvgIpc) is 2.65. The molecule has 0 atom stereocenters. The Kier molecular flexibility index (Phi) is 9.66. The van der Waals surface area contributed by atoms with Crippen molar-refractivity contribution in [3.63, 3.8) is 0 Å². The first-order valence-electron chi connectivity index (χ1n) is 10.9. The van der Waals surface area contributed by atoms with E-state index >= 15 is 0 Å². The van der Waals surface area contributed by atoms with Crippen molar-refractivity contribution in [3.05, 3.63) is 23.3 Å². The fourth-order valence-electron chi connectivity index (χ4n) is 3.44. The molecule has 1 aromatic rings. The molecular weight excluding hydrogens is 384 g/mol. The quantitative estimate of drug-likeness (QED) is 0.293. The van der Waals surface area contributed by atoms with E-state index in [-0.39, 0.29) is 11.5 Å². The molecule has 0 aliphatic carbocycles. The summed E-state index contributed by atoms with van der Waals surface area (Å²) in [5.41, 5.74) is -0.116. The summed E-state index contributed by atoms with van der Waals surface area (Å²) in [5.74, 6) is -1.35. The molecule has 0 heterocycles. The molecule has 0 fully saturated rings. The number of unbranched alkanes of at least 4 members (excludes halogenated alkanes) is 4. The minimum atomic E-state index is -0.802. The predicted octanol–water partition coefficient (Wildman–Crippen LogP) is 5.53. The Hall–Kier alpha value is -2.24. The number of phenolic OH excluding ortho intramolecular Hbond substituents is 2. The Labute approximate surface area is 180 Å². The molecule has 0 aliphatic rings. The number of aliphatic carboxylic acids is 2. The summed E-state index contributed by atoms with van der Waals surface area (Å²) < 4.78 is 0. The van der Waals surface area contributed by atoms with E-state index < -0.39 is 22.8 Å². The van der Waals surface area contributed by atoms with Crippen LogP contribution in [0.25, 0.3) is 0 Å². The van der Waals surface area contributed by atoms with Gasteiger partial charge in [-0.2, -0.15) is 0 Å². The van der Waals surface area contributed by atoms with Gasteiger partial charge in [-0.3, -0.25) is 9.59 Å². The summed E-state index contributed by atoms with van der Waals surface area (Å²) in [5, 5.41) is 39.0. The molecule has 0 radical (unpaired) electrons. The third-order valence-corrected chi connectivity index (χ3v) is 5.98. The lowest BCUT2D eigenvalue weighted by atomic mass is 9.86. The number of hydrogen-bond acceptors (Lipinski definition) is 4. The number of phenols is 2. The first-order chi connectivity index (χ1) is 13.9. The predicted molar refractivity (Wildman–Crippen MR) is 117 cm³/mol. The van der Waals surface area contributed by atoms with Crippen molar-refractivity contribution in [1.82, 2.24) is 0 Å². The minimum Gasteiger partial charge on any atom is -0.508 e. The van der Waals surface area contributed by atoms with Crippen LogP contribution in [0.5, 0.6) is 11.5 Å². The second kappa shape index (κ2) is 11.2. The highest BCUT2D eigenvalue weighted by atomic mass is 16.4. The number of carboxylic acid groups (broad SMARTS) is 2. The van der Waals surface area contributed by atoms with Crippen LogP contribution in [0.2, 0.25) is 0 Å². The van der Waals surface area contributed by atoms with Crippen LogP contribution in [0.4, 0.5) is 0 Å². The third-order valence-electron chi connectivity index (χ3n) is 5.98. The number of hydrogen-bond donors (Lipinski definition) is 4. The van der Waals surface area contributed by atoms with Crippen molar-refractivity contribution < 1.29 is 30.0 Å². The third kappa shape index (κ3) is 7.88. The summed E-state index contributed by atoms with van der Waals surface area (Å²) in [6.07, 6.45) is 7.41. The SMILES string of the molecule is CC(C)(CCCCCCc1c(O)ccc(CCCCC(C)(C)C(=O)O)c1O)C(=O)O. The van der Waals surface area contributed by atoms with Gasteiger partial charge in [0.1, 0.15) is 11.5 Å². The maximum Gasteiger partial charge on any atom is 0.309 e. The van der Waals surface area contributed by atoms with Gasteiger partial charge in [-0.25, -0.2) is 0 Å². The van der Waals surface area contributed by atoms with Crippen molar-refractivity contribution in [2.24, 2.45) is 10.8 Å². The van der Waals surface area contributed by atoms with E-state index in [4.69, 9.17) is 5.11 Å². The van der Waals surface area contributed by atoms with Crippen LogP contribution in [-0.2, 0) is 22.4 Å². The van der Waals surface area contributed by atoms with Crippen LogP contribution >= 0.6 is 0 Å². The first-order valence-corrected chi connectivity index (χ1v) is 10.9. The summed E-state index contributed by atoms with van der Waals surface area (Å²) >= 11 is 0. The first kappa shape index (κ1) is 25.8. The van der Waals surface area contributed by atoms with Gasteiger partial charge >= 0.3 is 11.9 Å². The lowest BCUT2D eigenvalue weighted by Crippen LogP contribution is -2.23. The van der Waals surface area contributed by atoms with E-state index in [1.165, 1.54) is 0 Å². The standard InChI is InChI=1S/C24H38O6/c1-23(2,21(27)28)15-9-6-5-7-12-18-19(25)14-13-17(20(18)26)11-8-10-16-24(3,4)22(29)30/h13-14,25-26H,5-12,15-16H2,1-4H3,(H,27,28)(H,29,30). The zero-order chi connectivity index (χ0) is 22.9. The van der Waals surface area contributed by atoms with E-state index in [1.807, 2.05) is 0 Å². The molecule has 170 valence electrons. The van der Waals surface area contributed by atoms with Crippen molar-refractivity contribution in [2.45, 2.75) is 91.9 Å². The van der Waals surface area contributed by atoms with Crippen LogP contribution in [0.1, 0.15) is 90.2 Å². The zero-order valence-corrected chi connectivity index (χ0v) is 18.8. The maximum absolute atomic E-state index is 11.2. The largest absolute Gasteiger partial charge is 0.508 e. The topological polar surface area (TPSA) is 115 Å². The molecule has 0 aromatic heterocycles. The van der Waals surface area contributed by atoms with Crippen molar-refractivity contribution in [1.29, 1.82) is 0 Å². The molecule has 0 aliphatic heterocycles. The van der Waals surface area contributed by atoms with Crippen molar-refractivity contribution >= 4 is 11.9 Å². The molecule has 1 aromatic carbocycles. The highest BCUT2D eigenvalue weighted by Gasteiger charge is 2.26. The maximum atomic E-state index is 11.2. The number of carboxylic acids is 2. The van der Waals surface area contributed by atoms with Crippen LogP contribution in [0.15, 0.2) is 12.1 Å². The normalized spacial score (nSPS) is 12.1. The highest BCUT2D eigenvalue weighted by molar-refractivity contribution is 5.73. The monoisotopic (exact) mass is 422 g/mol. The van der Waals surface area contributed by atoms with Gasteiger partial charge in [0, 0.05) is 5.56 Å². The molecular formula is C24H38O6. The summed E-state index contributed by atoms with van der Waals surface area (Å²) in [6, 6.07) is 3.34. The Morgan fingerprint density at radius 3 is 1.73 bits per heavy atom. The Morgan fingerprint density at radius 2 is 1.20 bits per heavy atom.